The van der Waals surface area contributed by atoms with Crippen molar-refractivity contribution in [3.63, 3.8) is 0 Å². The molecule has 0 radical (unpaired) electrons. The van der Waals surface area contributed by atoms with Crippen molar-refractivity contribution in [2.75, 3.05) is 11.4 Å². The third-order valence-corrected chi connectivity index (χ3v) is 5.74. The topological polar surface area (TPSA) is 29.3 Å². The number of fused-ring (bicyclic) bond motifs is 1. The van der Waals surface area contributed by atoms with Crippen LogP contribution < -0.4 is 10.6 Å². The van der Waals surface area contributed by atoms with E-state index in [2.05, 4.69) is 39.0 Å². The Kier molecular flexibility index (Phi) is 4.37. The molecule has 20 heavy (non-hydrogen) atoms. The summed E-state index contributed by atoms with van der Waals surface area (Å²) in [6, 6.07) is 7.58. The normalized spacial score (nSPS) is 28.1. The van der Waals surface area contributed by atoms with E-state index in [0.29, 0.717) is 0 Å². The largest absolute Gasteiger partial charge is 0.368 e. The van der Waals surface area contributed by atoms with Crippen LogP contribution in [0, 0.1) is 5.92 Å². The first kappa shape index (κ1) is 14.4. The van der Waals surface area contributed by atoms with Gasteiger partial charge in [0.25, 0.3) is 0 Å². The van der Waals surface area contributed by atoms with Gasteiger partial charge >= 0.3 is 0 Å². The number of rotatable bonds is 2. The SMILES string of the molecule is C[C@@H](N)c1ccc(N2CCCC3CCCCC32)cc1Br. The van der Waals surface area contributed by atoms with E-state index in [-0.39, 0.29) is 6.04 Å². The van der Waals surface area contributed by atoms with Crippen LogP contribution in [-0.4, -0.2) is 12.6 Å². The molecule has 3 atom stereocenters. The Labute approximate surface area is 130 Å². The van der Waals surface area contributed by atoms with Gasteiger partial charge in [-0.25, -0.2) is 0 Å². The van der Waals surface area contributed by atoms with E-state index in [1.54, 1.807) is 0 Å². The fourth-order valence-corrected chi connectivity index (χ4v) is 4.74. The molecule has 1 aromatic rings. The van der Waals surface area contributed by atoms with Gasteiger partial charge in [0.15, 0.2) is 0 Å². The number of anilines is 1. The zero-order chi connectivity index (χ0) is 14.1. The average Bonchev–Trinajstić information content (AvgIpc) is 2.46. The number of piperidine rings is 1. The first-order valence-electron chi connectivity index (χ1n) is 7.98. The van der Waals surface area contributed by atoms with Gasteiger partial charge in [-0.1, -0.05) is 34.8 Å². The van der Waals surface area contributed by atoms with Gasteiger partial charge in [0.05, 0.1) is 0 Å². The number of hydrogen-bond acceptors (Lipinski definition) is 2. The monoisotopic (exact) mass is 336 g/mol. The smallest absolute Gasteiger partial charge is 0.0380 e. The van der Waals surface area contributed by atoms with Crippen molar-refractivity contribution in [2.45, 2.75) is 57.5 Å². The average molecular weight is 337 g/mol. The molecule has 2 nitrogen and oxygen atoms in total. The molecule has 1 heterocycles. The standard InChI is InChI=1S/C17H25BrN2/c1-12(19)15-9-8-14(11-16(15)18)20-10-4-6-13-5-2-3-7-17(13)20/h8-9,11-13,17H,2-7,10,19H2,1H3/t12-,13?,17?/m1/s1. The Bertz CT molecular complexity index is 470. The van der Waals surface area contributed by atoms with Crippen LogP contribution in [0.3, 0.4) is 0 Å². The van der Waals surface area contributed by atoms with Crippen LogP contribution in [0.4, 0.5) is 5.69 Å². The van der Waals surface area contributed by atoms with Crippen molar-refractivity contribution in [1.82, 2.24) is 0 Å². The molecule has 1 aliphatic heterocycles. The molecule has 3 heteroatoms. The lowest BCUT2D eigenvalue weighted by Gasteiger charge is -2.45. The summed E-state index contributed by atoms with van der Waals surface area (Å²) in [7, 11) is 0. The molecule has 2 unspecified atom stereocenters. The second kappa shape index (κ2) is 6.07. The summed E-state index contributed by atoms with van der Waals surface area (Å²) in [5.74, 6) is 0.921. The second-order valence-electron chi connectivity index (χ2n) is 6.44. The lowest BCUT2D eigenvalue weighted by molar-refractivity contribution is 0.244. The molecule has 0 aromatic heterocycles. The van der Waals surface area contributed by atoms with Crippen LogP contribution in [0.25, 0.3) is 0 Å². The third kappa shape index (κ3) is 2.75. The maximum atomic E-state index is 6.01. The highest BCUT2D eigenvalue weighted by molar-refractivity contribution is 9.10. The molecule has 1 saturated carbocycles. The molecule has 2 fully saturated rings. The zero-order valence-electron chi connectivity index (χ0n) is 12.3. The van der Waals surface area contributed by atoms with E-state index < -0.39 is 0 Å². The highest BCUT2D eigenvalue weighted by Crippen LogP contribution is 2.39. The first-order chi connectivity index (χ1) is 9.66. The predicted octanol–water partition coefficient (Wildman–Crippen LogP) is 4.63. The summed E-state index contributed by atoms with van der Waals surface area (Å²) in [4.78, 5) is 2.66. The Hall–Kier alpha value is -0.540. The molecular weight excluding hydrogens is 312 g/mol. The Morgan fingerprint density at radius 3 is 2.70 bits per heavy atom. The van der Waals surface area contributed by atoms with Crippen molar-refractivity contribution >= 4 is 21.6 Å². The highest BCUT2D eigenvalue weighted by Gasteiger charge is 2.33. The van der Waals surface area contributed by atoms with Crippen LogP contribution in [-0.2, 0) is 0 Å². The molecular formula is C17H25BrN2. The summed E-state index contributed by atoms with van der Waals surface area (Å²) in [6.45, 7) is 3.25. The molecule has 1 aliphatic carbocycles. The van der Waals surface area contributed by atoms with Crippen LogP contribution in [0.2, 0.25) is 0 Å². The van der Waals surface area contributed by atoms with Crippen molar-refractivity contribution in [1.29, 1.82) is 0 Å². The van der Waals surface area contributed by atoms with Gasteiger partial charge in [0.2, 0.25) is 0 Å². The highest BCUT2D eigenvalue weighted by atomic mass is 79.9. The van der Waals surface area contributed by atoms with Gasteiger partial charge < -0.3 is 10.6 Å². The molecule has 2 aliphatic rings. The minimum atomic E-state index is 0.0854. The number of nitrogens with zero attached hydrogens (tertiary/aromatic N) is 1. The quantitative estimate of drug-likeness (QED) is 0.853. The van der Waals surface area contributed by atoms with Crippen LogP contribution in [0.1, 0.15) is 57.1 Å². The van der Waals surface area contributed by atoms with Crippen molar-refractivity contribution in [3.05, 3.63) is 28.2 Å². The molecule has 3 rings (SSSR count). The fourth-order valence-electron chi connectivity index (χ4n) is 4.01. The molecule has 1 saturated heterocycles. The van der Waals surface area contributed by atoms with Crippen molar-refractivity contribution in [2.24, 2.45) is 11.7 Å². The van der Waals surface area contributed by atoms with Crippen LogP contribution in [0.15, 0.2) is 22.7 Å². The maximum absolute atomic E-state index is 6.01. The minimum absolute atomic E-state index is 0.0854. The zero-order valence-corrected chi connectivity index (χ0v) is 13.9. The first-order valence-corrected chi connectivity index (χ1v) is 8.78. The lowest BCUT2D eigenvalue weighted by atomic mass is 9.78. The minimum Gasteiger partial charge on any atom is -0.368 e. The Balaban J connectivity index is 1.85. The molecule has 0 spiro atoms. The summed E-state index contributed by atoms with van der Waals surface area (Å²) in [5.41, 5.74) is 8.58. The van der Waals surface area contributed by atoms with Crippen molar-refractivity contribution < 1.29 is 0 Å². The van der Waals surface area contributed by atoms with E-state index in [9.17, 15) is 0 Å². The van der Waals surface area contributed by atoms with Crippen LogP contribution in [0.5, 0.6) is 0 Å². The maximum Gasteiger partial charge on any atom is 0.0380 e. The molecule has 0 amide bonds. The molecule has 0 bridgehead atoms. The number of halogens is 1. The summed E-state index contributed by atoms with van der Waals surface area (Å²) in [5, 5.41) is 0. The summed E-state index contributed by atoms with van der Waals surface area (Å²) in [6.07, 6.45) is 8.41. The van der Waals surface area contributed by atoms with Gasteiger partial charge in [-0.05, 0) is 56.2 Å². The van der Waals surface area contributed by atoms with E-state index in [1.165, 1.54) is 56.3 Å². The predicted molar refractivity (Wildman–Crippen MR) is 89.1 cm³/mol. The Morgan fingerprint density at radius 1 is 1.20 bits per heavy atom. The number of nitrogens with two attached hydrogens (primary N) is 1. The van der Waals surface area contributed by atoms with Crippen LogP contribution >= 0.6 is 15.9 Å². The fraction of sp³-hybridized carbons (Fsp3) is 0.647. The summed E-state index contributed by atoms with van der Waals surface area (Å²) >= 11 is 3.70. The van der Waals surface area contributed by atoms with Crippen molar-refractivity contribution in [3.8, 4) is 0 Å². The van der Waals surface area contributed by atoms with Gasteiger partial charge in [0, 0.05) is 28.8 Å². The van der Waals surface area contributed by atoms with E-state index in [0.717, 1.165) is 16.4 Å². The number of benzene rings is 1. The molecule has 2 N–H and O–H groups in total. The third-order valence-electron chi connectivity index (χ3n) is 5.05. The lowest BCUT2D eigenvalue weighted by Crippen LogP contribution is -2.46. The van der Waals surface area contributed by atoms with Gasteiger partial charge in [-0.3, -0.25) is 0 Å². The van der Waals surface area contributed by atoms with Gasteiger partial charge in [0.1, 0.15) is 0 Å². The second-order valence-corrected chi connectivity index (χ2v) is 7.30. The molecule has 1 aromatic carbocycles. The molecule has 110 valence electrons. The van der Waals surface area contributed by atoms with E-state index in [1.807, 2.05) is 6.92 Å². The Morgan fingerprint density at radius 2 is 1.95 bits per heavy atom. The van der Waals surface area contributed by atoms with Gasteiger partial charge in [-0.15, -0.1) is 0 Å². The summed E-state index contributed by atoms with van der Waals surface area (Å²) < 4.78 is 1.16. The van der Waals surface area contributed by atoms with E-state index >= 15 is 0 Å². The number of hydrogen-bond donors (Lipinski definition) is 1. The van der Waals surface area contributed by atoms with E-state index in [4.69, 9.17) is 5.73 Å². The van der Waals surface area contributed by atoms with Gasteiger partial charge in [-0.2, -0.15) is 0 Å².